The third kappa shape index (κ3) is 5.24. The molecule has 1 aliphatic carbocycles. The summed E-state index contributed by atoms with van der Waals surface area (Å²) in [6.07, 6.45) is 4.71. The number of carbonyl (C=O) groups excluding carboxylic acids is 1. The average molecular weight is 297 g/mol. The second-order valence-corrected chi connectivity index (χ2v) is 7.13. The first-order valence-corrected chi connectivity index (χ1v) is 8.36. The molecule has 1 saturated carbocycles. The fraction of sp³-hybridized carbons (Fsp3) is 0.938. The number of nitrogens with two attached hydrogens (primary N) is 1. The fourth-order valence-corrected chi connectivity index (χ4v) is 3.27. The number of ether oxygens (including phenoxy) is 1. The topological polar surface area (TPSA) is 67.6 Å². The molecular formula is C16H31N3O2. The Morgan fingerprint density at radius 2 is 2.00 bits per heavy atom. The molecule has 1 saturated heterocycles. The van der Waals surface area contributed by atoms with Gasteiger partial charge in [-0.05, 0) is 31.6 Å². The van der Waals surface area contributed by atoms with Crippen molar-refractivity contribution >= 4 is 5.91 Å². The lowest BCUT2D eigenvalue weighted by molar-refractivity contribution is -0.123. The van der Waals surface area contributed by atoms with Gasteiger partial charge in [-0.15, -0.1) is 0 Å². The highest BCUT2D eigenvalue weighted by atomic mass is 16.5. The molecule has 5 heteroatoms. The first-order valence-electron chi connectivity index (χ1n) is 8.36. The van der Waals surface area contributed by atoms with E-state index in [1.807, 2.05) is 0 Å². The molecule has 0 spiro atoms. The van der Waals surface area contributed by atoms with E-state index in [0.717, 1.165) is 58.5 Å². The molecule has 3 N–H and O–H groups in total. The number of morpholine rings is 1. The van der Waals surface area contributed by atoms with Crippen molar-refractivity contribution in [2.75, 3.05) is 32.8 Å². The Morgan fingerprint density at radius 3 is 2.52 bits per heavy atom. The normalized spacial score (nSPS) is 23.6. The SMILES string of the molecule is CC(C)CC(CNC(=O)CC1(N)CCC1)N1CCOCC1. The van der Waals surface area contributed by atoms with E-state index in [9.17, 15) is 4.79 Å². The monoisotopic (exact) mass is 297 g/mol. The molecule has 1 heterocycles. The quantitative estimate of drug-likeness (QED) is 0.739. The zero-order valence-electron chi connectivity index (χ0n) is 13.6. The van der Waals surface area contributed by atoms with Crippen LogP contribution in [0, 0.1) is 5.92 Å². The fourth-order valence-electron chi connectivity index (χ4n) is 3.27. The molecule has 0 aromatic heterocycles. The first kappa shape index (κ1) is 16.7. The van der Waals surface area contributed by atoms with Gasteiger partial charge in [-0.25, -0.2) is 0 Å². The number of rotatable bonds is 7. The summed E-state index contributed by atoms with van der Waals surface area (Å²) in [5.41, 5.74) is 5.92. The molecule has 5 nitrogen and oxygen atoms in total. The lowest BCUT2D eigenvalue weighted by Gasteiger charge is -2.38. The Hall–Kier alpha value is -0.650. The molecule has 1 unspecified atom stereocenters. The molecule has 2 aliphatic rings. The highest BCUT2D eigenvalue weighted by Crippen LogP contribution is 2.31. The summed E-state index contributed by atoms with van der Waals surface area (Å²) in [5.74, 6) is 0.737. The number of carbonyl (C=O) groups is 1. The minimum Gasteiger partial charge on any atom is -0.379 e. The molecule has 2 fully saturated rings. The maximum Gasteiger partial charge on any atom is 0.221 e. The van der Waals surface area contributed by atoms with Gasteiger partial charge in [0.05, 0.1) is 13.2 Å². The van der Waals surface area contributed by atoms with Crippen molar-refractivity contribution in [3.8, 4) is 0 Å². The number of amides is 1. The molecule has 21 heavy (non-hydrogen) atoms. The van der Waals surface area contributed by atoms with Crippen LogP contribution in [0.15, 0.2) is 0 Å². The van der Waals surface area contributed by atoms with Gasteiger partial charge in [0.1, 0.15) is 0 Å². The number of hydrogen-bond acceptors (Lipinski definition) is 4. The zero-order valence-corrected chi connectivity index (χ0v) is 13.6. The third-order valence-corrected chi connectivity index (χ3v) is 4.70. The molecule has 1 amide bonds. The standard InChI is InChI=1S/C16H31N3O2/c1-13(2)10-14(19-6-8-21-9-7-19)12-18-15(20)11-16(17)4-3-5-16/h13-14H,3-12,17H2,1-2H3,(H,18,20). The van der Waals surface area contributed by atoms with E-state index in [2.05, 4.69) is 24.1 Å². The third-order valence-electron chi connectivity index (χ3n) is 4.70. The van der Waals surface area contributed by atoms with Crippen molar-refractivity contribution in [1.29, 1.82) is 0 Å². The van der Waals surface area contributed by atoms with Crippen molar-refractivity contribution in [3.63, 3.8) is 0 Å². The van der Waals surface area contributed by atoms with Gasteiger partial charge in [0.15, 0.2) is 0 Å². The van der Waals surface area contributed by atoms with Gasteiger partial charge in [0.25, 0.3) is 0 Å². The smallest absolute Gasteiger partial charge is 0.221 e. The maximum atomic E-state index is 12.1. The van der Waals surface area contributed by atoms with Crippen LogP contribution >= 0.6 is 0 Å². The lowest BCUT2D eigenvalue weighted by Crippen LogP contribution is -2.52. The minimum absolute atomic E-state index is 0.110. The summed E-state index contributed by atoms with van der Waals surface area (Å²) in [5, 5.41) is 3.11. The molecule has 1 aliphatic heterocycles. The second kappa shape index (κ2) is 7.56. The Kier molecular flexibility index (Phi) is 6.02. The van der Waals surface area contributed by atoms with Crippen molar-refractivity contribution in [2.24, 2.45) is 11.7 Å². The summed E-state index contributed by atoms with van der Waals surface area (Å²) in [7, 11) is 0. The van der Waals surface area contributed by atoms with Gasteiger partial charge in [-0.3, -0.25) is 9.69 Å². The molecule has 122 valence electrons. The number of nitrogens with one attached hydrogen (secondary N) is 1. The van der Waals surface area contributed by atoms with E-state index in [1.54, 1.807) is 0 Å². The van der Waals surface area contributed by atoms with Crippen LogP contribution in [-0.2, 0) is 9.53 Å². The molecule has 0 radical (unpaired) electrons. The van der Waals surface area contributed by atoms with Gasteiger partial charge in [-0.2, -0.15) is 0 Å². The predicted octanol–water partition coefficient (Wildman–Crippen LogP) is 1.12. The molecule has 0 aromatic carbocycles. The number of nitrogens with zero attached hydrogens (tertiary/aromatic N) is 1. The van der Waals surface area contributed by atoms with Crippen LogP contribution in [0.1, 0.15) is 46.0 Å². The van der Waals surface area contributed by atoms with E-state index in [1.165, 1.54) is 0 Å². The van der Waals surface area contributed by atoms with Crippen LogP contribution in [0.3, 0.4) is 0 Å². The summed E-state index contributed by atoms with van der Waals surface area (Å²) < 4.78 is 5.42. The maximum absolute atomic E-state index is 12.1. The molecule has 1 atom stereocenters. The van der Waals surface area contributed by atoms with E-state index < -0.39 is 0 Å². The number of hydrogen-bond donors (Lipinski definition) is 2. The van der Waals surface area contributed by atoms with Crippen LogP contribution in [0.2, 0.25) is 0 Å². The van der Waals surface area contributed by atoms with Crippen molar-refractivity contribution in [1.82, 2.24) is 10.2 Å². The Bertz CT molecular complexity index is 336. The summed E-state index contributed by atoms with van der Waals surface area (Å²) in [6.45, 7) is 8.73. The highest BCUT2D eigenvalue weighted by molar-refractivity contribution is 5.77. The second-order valence-electron chi connectivity index (χ2n) is 7.13. The van der Waals surface area contributed by atoms with Crippen LogP contribution in [0.25, 0.3) is 0 Å². The summed E-state index contributed by atoms with van der Waals surface area (Å²) in [4.78, 5) is 14.5. The van der Waals surface area contributed by atoms with E-state index >= 15 is 0 Å². The van der Waals surface area contributed by atoms with Crippen molar-refractivity contribution < 1.29 is 9.53 Å². The van der Waals surface area contributed by atoms with E-state index in [-0.39, 0.29) is 11.4 Å². The zero-order chi connectivity index (χ0) is 15.3. The first-order chi connectivity index (χ1) is 9.98. The summed E-state index contributed by atoms with van der Waals surface area (Å²) in [6, 6.07) is 0.410. The summed E-state index contributed by atoms with van der Waals surface area (Å²) >= 11 is 0. The van der Waals surface area contributed by atoms with Gasteiger partial charge in [0, 0.05) is 37.6 Å². The van der Waals surface area contributed by atoms with Gasteiger partial charge < -0.3 is 15.8 Å². The van der Waals surface area contributed by atoms with Crippen LogP contribution in [0.4, 0.5) is 0 Å². The van der Waals surface area contributed by atoms with Gasteiger partial charge >= 0.3 is 0 Å². The van der Waals surface area contributed by atoms with E-state index in [4.69, 9.17) is 10.5 Å². The largest absolute Gasteiger partial charge is 0.379 e. The van der Waals surface area contributed by atoms with Gasteiger partial charge in [0.2, 0.25) is 5.91 Å². The van der Waals surface area contributed by atoms with E-state index in [0.29, 0.717) is 18.4 Å². The molecule has 0 bridgehead atoms. The Labute approximate surface area is 128 Å². The van der Waals surface area contributed by atoms with Crippen molar-refractivity contribution in [3.05, 3.63) is 0 Å². The van der Waals surface area contributed by atoms with Crippen LogP contribution in [0.5, 0.6) is 0 Å². The van der Waals surface area contributed by atoms with Crippen LogP contribution < -0.4 is 11.1 Å². The Morgan fingerprint density at radius 1 is 1.33 bits per heavy atom. The average Bonchev–Trinajstić information content (AvgIpc) is 2.42. The predicted molar refractivity (Wildman–Crippen MR) is 84.0 cm³/mol. The minimum atomic E-state index is -0.226. The molecule has 2 rings (SSSR count). The van der Waals surface area contributed by atoms with Crippen LogP contribution in [-0.4, -0.2) is 55.2 Å². The molecular weight excluding hydrogens is 266 g/mol. The lowest BCUT2D eigenvalue weighted by atomic mass is 9.75. The molecule has 0 aromatic rings. The van der Waals surface area contributed by atoms with Crippen molar-refractivity contribution in [2.45, 2.75) is 57.5 Å². The Balaban J connectivity index is 1.78. The highest BCUT2D eigenvalue weighted by Gasteiger charge is 2.34. The van der Waals surface area contributed by atoms with Gasteiger partial charge in [-0.1, -0.05) is 13.8 Å².